The number of rotatable bonds is 6. The first-order valence-corrected chi connectivity index (χ1v) is 8.80. The molecule has 0 unspecified atom stereocenters. The summed E-state index contributed by atoms with van der Waals surface area (Å²) < 4.78 is 0. The summed E-state index contributed by atoms with van der Waals surface area (Å²) in [7, 11) is 0. The van der Waals surface area contributed by atoms with Crippen molar-refractivity contribution in [3.8, 4) is 0 Å². The second-order valence-electron chi connectivity index (χ2n) is 4.99. The number of piperazine rings is 1. The maximum atomic E-state index is 11.9. The molecule has 1 heterocycles. The number of carbonyl (C=O) groups excluding carboxylic acids is 2. The van der Waals surface area contributed by atoms with Crippen LogP contribution in [-0.2, 0) is 9.59 Å². The predicted molar refractivity (Wildman–Crippen MR) is 91.5 cm³/mol. The molecule has 0 saturated carbocycles. The fourth-order valence-corrected chi connectivity index (χ4v) is 2.97. The fourth-order valence-electron chi connectivity index (χ4n) is 2.13. The van der Waals surface area contributed by atoms with Gasteiger partial charge in [0, 0.05) is 49.1 Å². The number of benzene rings is 1. The summed E-state index contributed by atoms with van der Waals surface area (Å²) in [5, 5.41) is 6.65. The minimum Gasteiger partial charge on any atom is -0.340 e. The molecule has 0 spiro atoms. The Labute approximate surface area is 139 Å². The first kappa shape index (κ1) is 17.1. The second kappa shape index (κ2) is 9.02. The molecule has 5 nitrogen and oxygen atoms in total. The van der Waals surface area contributed by atoms with Gasteiger partial charge in [0.15, 0.2) is 0 Å². The van der Waals surface area contributed by atoms with Crippen molar-refractivity contribution in [2.24, 2.45) is 0 Å². The normalized spacial score (nSPS) is 14.7. The zero-order chi connectivity index (χ0) is 15.8. The van der Waals surface area contributed by atoms with Gasteiger partial charge < -0.3 is 15.5 Å². The number of nitrogens with one attached hydrogen (secondary N) is 2. The molecule has 0 radical (unpaired) electrons. The summed E-state index contributed by atoms with van der Waals surface area (Å²) >= 11 is 7.26. The zero-order valence-corrected chi connectivity index (χ0v) is 13.9. The van der Waals surface area contributed by atoms with Crippen LogP contribution in [0, 0.1) is 0 Å². The summed E-state index contributed by atoms with van der Waals surface area (Å²) in [6, 6.07) is 6.99. The highest BCUT2D eigenvalue weighted by molar-refractivity contribution is 7.99. The van der Waals surface area contributed by atoms with Crippen molar-refractivity contribution >= 4 is 40.9 Å². The van der Waals surface area contributed by atoms with E-state index in [1.165, 1.54) is 11.8 Å². The van der Waals surface area contributed by atoms with Gasteiger partial charge in [0.05, 0.1) is 5.75 Å². The van der Waals surface area contributed by atoms with Gasteiger partial charge in [0.1, 0.15) is 0 Å². The minimum atomic E-state index is -0.0676. The van der Waals surface area contributed by atoms with Crippen LogP contribution in [0.2, 0.25) is 5.02 Å². The molecule has 1 saturated heterocycles. The Hall–Kier alpha value is -1.24. The molecule has 0 aliphatic carbocycles. The Morgan fingerprint density at radius 2 is 1.91 bits per heavy atom. The van der Waals surface area contributed by atoms with Crippen molar-refractivity contribution in [3.05, 3.63) is 29.3 Å². The Morgan fingerprint density at radius 1 is 1.23 bits per heavy atom. The fraction of sp³-hybridized carbons (Fsp3) is 0.467. The van der Waals surface area contributed by atoms with Crippen LogP contribution in [0.3, 0.4) is 0 Å². The summed E-state index contributed by atoms with van der Waals surface area (Å²) in [6.45, 7) is 3.28. The first-order chi connectivity index (χ1) is 10.6. The topological polar surface area (TPSA) is 61.4 Å². The van der Waals surface area contributed by atoms with Gasteiger partial charge >= 0.3 is 0 Å². The molecule has 1 fully saturated rings. The van der Waals surface area contributed by atoms with Crippen LogP contribution in [-0.4, -0.2) is 54.4 Å². The van der Waals surface area contributed by atoms with Crippen LogP contribution in [0.4, 0.5) is 5.69 Å². The molecule has 1 aromatic rings. The van der Waals surface area contributed by atoms with E-state index in [4.69, 9.17) is 11.6 Å². The minimum absolute atomic E-state index is 0.0676. The Bertz CT molecular complexity index is 504. The lowest BCUT2D eigenvalue weighted by molar-refractivity contribution is -0.131. The number of carbonyl (C=O) groups is 2. The molecule has 2 N–H and O–H groups in total. The standard InChI is InChI=1S/C15H20ClN3O2S/c16-12-1-3-13(4-2-12)18-14(20)11-22-10-5-15(21)19-8-6-17-7-9-19/h1-4,17H,5-11H2,(H,18,20). The highest BCUT2D eigenvalue weighted by Crippen LogP contribution is 2.14. The number of amides is 2. The van der Waals surface area contributed by atoms with E-state index in [1.54, 1.807) is 24.3 Å². The summed E-state index contributed by atoms with van der Waals surface area (Å²) in [5.41, 5.74) is 0.729. The number of nitrogens with zero attached hydrogens (tertiary/aromatic N) is 1. The van der Waals surface area contributed by atoms with Gasteiger partial charge in [-0.2, -0.15) is 11.8 Å². The third-order valence-corrected chi connectivity index (χ3v) is 4.50. The van der Waals surface area contributed by atoms with Crippen LogP contribution < -0.4 is 10.6 Å². The average Bonchev–Trinajstić information content (AvgIpc) is 2.54. The molecule has 2 amide bonds. The first-order valence-electron chi connectivity index (χ1n) is 7.27. The molecular formula is C15H20ClN3O2S. The lowest BCUT2D eigenvalue weighted by Gasteiger charge is -2.27. The van der Waals surface area contributed by atoms with Gasteiger partial charge in [-0.1, -0.05) is 11.6 Å². The smallest absolute Gasteiger partial charge is 0.234 e. The van der Waals surface area contributed by atoms with Crippen molar-refractivity contribution in [1.82, 2.24) is 10.2 Å². The molecule has 0 aromatic heterocycles. The van der Waals surface area contributed by atoms with Crippen LogP contribution >= 0.6 is 23.4 Å². The van der Waals surface area contributed by atoms with E-state index in [2.05, 4.69) is 10.6 Å². The number of hydrogen-bond donors (Lipinski definition) is 2. The van der Waals surface area contributed by atoms with Crippen molar-refractivity contribution in [1.29, 1.82) is 0 Å². The third kappa shape index (κ3) is 5.87. The van der Waals surface area contributed by atoms with E-state index in [0.29, 0.717) is 22.9 Å². The molecule has 22 heavy (non-hydrogen) atoms. The molecule has 0 atom stereocenters. The molecule has 1 aliphatic rings. The molecule has 1 aliphatic heterocycles. The SMILES string of the molecule is O=C(CSCCC(=O)N1CCNCC1)Nc1ccc(Cl)cc1. The highest BCUT2D eigenvalue weighted by atomic mass is 35.5. The summed E-state index contributed by atoms with van der Waals surface area (Å²) in [4.78, 5) is 25.6. The van der Waals surface area contributed by atoms with Gasteiger partial charge in [-0.25, -0.2) is 0 Å². The van der Waals surface area contributed by atoms with Crippen LogP contribution in [0.5, 0.6) is 0 Å². The van der Waals surface area contributed by atoms with E-state index in [1.807, 2.05) is 4.90 Å². The van der Waals surface area contributed by atoms with Crippen molar-refractivity contribution in [3.63, 3.8) is 0 Å². The van der Waals surface area contributed by atoms with Gasteiger partial charge in [-0.3, -0.25) is 9.59 Å². The number of anilines is 1. The molecule has 2 rings (SSSR count). The van der Waals surface area contributed by atoms with Crippen LogP contribution in [0.1, 0.15) is 6.42 Å². The predicted octanol–water partition coefficient (Wildman–Crippen LogP) is 1.83. The van der Waals surface area contributed by atoms with Crippen molar-refractivity contribution in [2.45, 2.75) is 6.42 Å². The lowest BCUT2D eigenvalue weighted by Crippen LogP contribution is -2.46. The Kier molecular flexibility index (Phi) is 7.02. The average molecular weight is 342 g/mol. The van der Waals surface area contributed by atoms with E-state index >= 15 is 0 Å². The van der Waals surface area contributed by atoms with Gasteiger partial charge in [-0.05, 0) is 24.3 Å². The molecule has 120 valence electrons. The van der Waals surface area contributed by atoms with Crippen LogP contribution in [0.25, 0.3) is 0 Å². The third-order valence-electron chi connectivity index (χ3n) is 3.29. The quantitative estimate of drug-likeness (QED) is 0.775. The number of thioether (sulfide) groups is 1. The summed E-state index contributed by atoms with van der Waals surface area (Å²) in [6.07, 6.45) is 0.485. The maximum Gasteiger partial charge on any atom is 0.234 e. The van der Waals surface area contributed by atoms with E-state index in [-0.39, 0.29) is 11.8 Å². The molecule has 7 heteroatoms. The maximum absolute atomic E-state index is 11.9. The van der Waals surface area contributed by atoms with Crippen molar-refractivity contribution < 1.29 is 9.59 Å². The Balaban J connectivity index is 1.60. The molecule has 1 aromatic carbocycles. The van der Waals surface area contributed by atoms with Gasteiger partial charge in [0.2, 0.25) is 11.8 Å². The van der Waals surface area contributed by atoms with Crippen LogP contribution in [0.15, 0.2) is 24.3 Å². The van der Waals surface area contributed by atoms with Gasteiger partial charge in [0.25, 0.3) is 0 Å². The van der Waals surface area contributed by atoms with Gasteiger partial charge in [-0.15, -0.1) is 0 Å². The van der Waals surface area contributed by atoms with E-state index in [9.17, 15) is 9.59 Å². The second-order valence-corrected chi connectivity index (χ2v) is 6.53. The number of hydrogen-bond acceptors (Lipinski definition) is 4. The zero-order valence-electron chi connectivity index (χ0n) is 12.3. The molecule has 0 bridgehead atoms. The van der Waals surface area contributed by atoms with E-state index in [0.717, 1.165) is 31.9 Å². The van der Waals surface area contributed by atoms with Crippen molar-refractivity contribution in [2.75, 3.05) is 43.0 Å². The summed E-state index contributed by atoms with van der Waals surface area (Å²) in [5.74, 6) is 1.11. The molecular weight excluding hydrogens is 322 g/mol. The van der Waals surface area contributed by atoms with E-state index < -0.39 is 0 Å². The lowest BCUT2D eigenvalue weighted by atomic mass is 10.3. The number of halogens is 1. The largest absolute Gasteiger partial charge is 0.340 e. The Morgan fingerprint density at radius 3 is 2.59 bits per heavy atom. The monoisotopic (exact) mass is 341 g/mol. The highest BCUT2D eigenvalue weighted by Gasteiger charge is 2.15.